The van der Waals surface area contributed by atoms with Gasteiger partial charge in [-0.2, -0.15) is 0 Å². The van der Waals surface area contributed by atoms with E-state index in [1.54, 1.807) is 13.8 Å². The molecule has 1 aromatic rings. The van der Waals surface area contributed by atoms with Crippen LogP contribution in [0.3, 0.4) is 0 Å². The average molecular weight is 325 g/mol. The van der Waals surface area contributed by atoms with Crippen LogP contribution in [0.4, 0.5) is 5.69 Å². The van der Waals surface area contributed by atoms with Gasteiger partial charge in [-0.15, -0.1) is 0 Å². The van der Waals surface area contributed by atoms with Crippen molar-refractivity contribution in [2.45, 2.75) is 26.7 Å². The van der Waals surface area contributed by atoms with Crippen LogP contribution in [0, 0.1) is 15.5 Å². The lowest BCUT2D eigenvalue weighted by molar-refractivity contribution is -0.385. The van der Waals surface area contributed by atoms with Crippen molar-refractivity contribution >= 4 is 17.6 Å². The Morgan fingerprint density at radius 1 is 1.17 bits per heavy atom. The van der Waals surface area contributed by atoms with Gasteiger partial charge in [-0.3, -0.25) is 19.7 Å². The highest BCUT2D eigenvalue weighted by Crippen LogP contribution is 2.35. The van der Waals surface area contributed by atoms with Crippen LogP contribution in [0.2, 0.25) is 0 Å². The van der Waals surface area contributed by atoms with Crippen LogP contribution in [0.15, 0.2) is 18.2 Å². The zero-order chi connectivity index (χ0) is 17.6. The van der Waals surface area contributed by atoms with Crippen molar-refractivity contribution in [3.63, 3.8) is 0 Å². The van der Waals surface area contributed by atoms with Gasteiger partial charge in [0.25, 0.3) is 0 Å². The molecule has 0 aliphatic rings. The van der Waals surface area contributed by atoms with Crippen LogP contribution >= 0.6 is 0 Å². The monoisotopic (exact) mass is 325 g/mol. The van der Waals surface area contributed by atoms with Crippen molar-refractivity contribution in [1.29, 1.82) is 0 Å². The molecule has 8 heteroatoms. The molecule has 0 saturated heterocycles. The first-order chi connectivity index (χ1) is 10.9. The summed E-state index contributed by atoms with van der Waals surface area (Å²) in [5, 5.41) is 11.1. The number of nitro benzene ring substituents is 1. The highest BCUT2D eigenvalue weighted by molar-refractivity contribution is 6.01. The number of benzene rings is 1. The number of carbonyl (C=O) groups is 2. The Morgan fingerprint density at radius 2 is 1.78 bits per heavy atom. The van der Waals surface area contributed by atoms with Crippen molar-refractivity contribution in [1.82, 2.24) is 0 Å². The summed E-state index contributed by atoms with van der Waals surface area (Å²) in [7, 11) is 2.55. The van der Waals surface area contributed by atoms with Gasteiger partial charge in [-0.1, -0.05) is 13.8 Å². The first kappa shape index (κ1) is 18.4. The van der Waals surface area contributed by atoms with E-state index in [1.807, 2.05) is 0 Å². The second-order valence-corrected chi connectivity index (χ2v) is 4.76. The fourth-order valence-electron chi connectivity index (χ4n) is 2.16. The molecule has 1 rings (SSSR count). The van der Waals surface area contributed by atoms with E-state index >= 15 is 0 Å². The first-order valence-electron chi connectivity index (χ1n) is 6.99. The van der Waals surface area contributed by atoms with Crippen molar-refractivity contribution in [3.8, 4) is 11.5 Å². The Bertz CT molecular complexity index is 608. The van der Waals surface area contributed by atoms with Crippen LogP contribution in [0.5, 0.6) is 11.5 Å². The van der Waals surface area contributed by atoms with E-state index in [0.29, 0.717) is 0 Å². The molecule has 0 amide bonds. The molecular weight excluding hydrogens is 306 g/mol. The predicted octanol–water partition coefficient (Wildman–Crippen LogP) is 2.49. The fourth-order valence-corrected chi connectivity index (χ4v) is 2.16. The summed E-state index contributed by atoms with van der Waals surface area (Å²) in [6.07, 6.45) is 0.291. The van der Waals surface area contributed by atoms with Gasteiger partial charge >= 0.3 is 17.6 Å². The summed E-state index contributed by atoms with van der Waals surface area (Å²) in [5.74, 6) is -1.63. The molecule has 1 aromatic carbocycles. The summed E-state index contributed by atoms with van der Waals surface area (Å²) >= 11 is 0. The summed E-state index contributed by atoms with van der Waals surface area (Å²) < 4.78 is 14.8. The fraction of sp³-hybridized carbons (Fsp3) is 0.467. The van der Waals surface area contributed by atoms with Gasteiger partial charge in [0.1, 0.15) is 5.75 Å². The zero-order valence-electron chi connectivity index (χ0n) is 13.5. The molecule has 23 heavy (non-hydrogen) atoms. The molecule has 0 saturated carbocycles. The van der Waals surface area contributed by atoms with Gasteiger partial charge in [-0.25, -0.2) is 0 Å². The number of carbonyl (C=O) groups excluding carboxylic acids is 2. The largest absolute Gasteiger partial charge is 0.497 e. The van der Waals surface area contributed by atoms with Gasteiger partial charge in [-0.05, 0) is 18.9 Å². The molecule has 0 unspecified atom stereocenters. The number of rotatable bonds is 7. The van der Waals surface area contributed by atoms with Crippen LogP contribution in [0.25, 0.3) is 0 Å². The molecule has 0 bridgehead atoms. The number of esters is 2. The van der Waals surface area contributed by atoms with Crippen molar-refractivity contribution in [2.75, 3.05) is 14.2 Å². The SMILES string of the molecule is CCC(CC)(C(=O)OC)C(=O)Oc1cc(OC)ccc1[N+](=O)[O-]. The normalized spacial score (nSPS) is 10.8. The first-order valence-corrected chi connectivity index (χ1v) is 6.99. The van der Waals surface area contributed by atoms with Crippen LogP contribution < -0.4 is 9.47 Å². The minimum Gasteiger partial charge on any atom is -0.497 e. The Labute approximate surface area is 133 Å². The van der Waals surface area contributed by atoms with Crippen LogP contribution in [-0.4, -0.2) is 31.1 Å². The molecule has 126 valence electrons. The Balaban J connectivity index is 3.26. The molecule has 0 atom stereocenters. The minimum absolute atomic E-state index is 0.146. The second-order valence-electron chi connectivity index (χ2n) is 4.76. The quantitative estimate of drug-likeness (QED) is 0.249. The second kappa shape index (κ2) is 7.57. The van der Waals surface area contributed by atoms with Gasteiger partial charge < -0.3 is 14.2 Å². The van der Waals surface area contributed by atoms with E-state index in [9.17, 15) is 19.7 Å². The number of nitro groups is 1. The molecule has 0 aliphatic carbocycles. The van der Waals surface area contributed by atoms with Gasteiger partial charge in [0.05, 0.1) is 19.1 Å². The summed E-state index contributed by atoms with van der Waals surface area (Å²) in [6.45, 7) is 3.28. The Morgan fingerprint density at radius 3 is 2.22 bits per heavy atom. The van der Waals surface area contributed by atoms with Crippen LogP contribution in [0.1, 0.15) is 26.7 Å². The van der Waals surface area contributed by atoms with E-state index in [1.165, 1.54) is 32.4 Å². The van der Waals surface area contributed by atoms with Crippen LogP contribution in [-0.2, 0) is 14.3 Å². The van der Waals surface area contributed by atoms with Gasteiger partial charge in [0, 0.05) is 12.1 Å². The van der Waals surface area contributed by atoms with E-state index in [2.05, 4.69) is 4.74 Å². The minimum atomic E-state index is -1.51. The molecule has 0 heterocycles. The van der Waals surface area contributed by atoms with Gasteiger partial charge in [0.2, 0.25) is 5.75 Å². The number of ether oxygens (including phenoxy) is 3. The molecule has 0 N–H and O–H groups in total. The van der Waals surface area contributed by atoms with Gasteiger partial charge in [0.15, 0.2) is 5.41 Å². The maximum atomic E-state index is 12.5. The third kappa shape index (κ3) is 3.58. The number of hydrogen-bond donors (Lipinski definition) is 0. The zero-order valence-corrected chi connectivity index (χ0v) is 13.5. The maximum absolute atomic E-state index is 12.5. The maximum Gasteiger partial charge on any atom is 0.329 e. The molecule has 0 fully saturated rings. The highest BCUT2D eigenvalue weighted by Gasteiger charge is 2.46. The number of nitrogens with zero attached hydrogens (tertiary/aromatic N) is 1. The smallest absolute Gasteiger partial charge is 0.329 e. The Hall–Kier alpha value is -2.64. The summed E-state index contributed by atoms with van der Waals surface area (Å²) in [5.41, 5.74) is -1.91. The van der Waals surface area contributed by atoms with E-state index in [0.717, 1.165) is 0 Å². The lowest BCUT2D eigenvalue weighted by Crippen LogP contribution is -2.42. The van der Waals surface area contributed by atoms with E-state index < -0.39 is 28.0 Å². The third-order valence-corrected chi connectivity index (χ3v) is 3.74. The number of hydrogen-bond acceptors (Lipinski definition) is 7. The highest BCUT2D eigenvalue weighted by atomic mass is 16.6. The molecule has 0 aromatic heterocycles. The van der Waals surface area contributed by atoms with Crippen molar-refractivity contribution < 1.29 is 28.7 Å². The summed E-state index contributed by atoms with van der Waals surface area (Å²) in [6, 6.07) is 3.77. The third-order valence-electron chi connectivity index (χ3n) is 3.74. The standard InChI is InChI=1S/C15H19NO7/c1-5-15(6-2,13(17)22-4)14(18)23-12-9-10(21-3)7-8-11(12)16(19)20/h7-9H,5-6H2,1-4H3. The van der Waals surface area contributed by atoms with E-state index in [-0.39, 0.29) is 24.3 Å². The molecule has 8 nitrogen and oxygen atoms in total. The lowest BCUT2D eigenvalue weighted by Gasteiger charge is -2.25. The predicted molar refractivity (Wildman–Crippen MR) is 80.3 cm³/mol. The molecule has 0 radical (unpaired) electrons. The van der Waals surface area contributed by atoms with Crippen molar-refractivity contribution in [2.24, 2.45) is 5.41 Å². The topological polar surface area (TPSA) is 105 Å². The molecular formula is C15H19NO7. The Kier molecular flexibility index (Phi) is 6.06. The number of methoxy groups -OCH3 is 2. The molecule has 0 aliphatic heterocycles. The van der Waals surface area contributed by atoms with E-state index in [4.69, 9.17) is 9.47 Å². The van der Waals surface area contributed by atoms with Crippen molar-refractivity contribution in [3.05, 3.63) is 28.3 Å². The summed E-state index contributed by atoms with van der Waals surface area (Å²) in [4.78, 5) is 34.9. The lowest BCUT2D eigenvalue weighted by atomic mass is 9.82. The average Bonchev–Trinajstić information content (AvgIpc) is 2.55. The molecule has 0 spiro atoms.